The fourth-order valence-corrected chi connectivity index (χ4v) is 5.10. The number of piperidine rings is 1. The van der Waals surface area contributed by atoms with Crippen LogP contribution in [-0.2, 0) is 13.0 Å². The molecule has 1 saturated heterocycles. The van der Waals surface area contributed by atoms with E-state index in [9.17, 15) is 4.79 Å². The number of carbonyl (C=O) groups is 1. The number of carbonyl (C=O) groups excluding carboxylic acids is 1. The second-order valence-corrected chi connectivity index (χ2v) is 9.41. The standard InChI is InChI=1S/C29H28N4O3/c34-29(30-18-22-10-11-25-26(17-22)36-19-35-25)27-23-8-4-5-9-24(23)28(32-31-27)33-14-12-21(13-15-33)16-20-6-2-1-3-7-20/h1-11,17,21H,12-16,18-19H2,(H,30,34). The SMILES string of the molecule is O=C(NCc1ccc2c(c1)OCO2)c1nnc(N2CCC(Cc3ccccc3)CC2)c2ccccc12. The number of amides is 1. The van der Waals surface area contributed by atoms with Gasteiger partial charge in [-0.25, -0.2) is 0 Å². The number of aromatic nitrogens is 2. The number of anilines is 1. The number of nitrogens with one attached hydrogen (secondary N) is 1. The minimum atomic E-state index is -0.246. The Kier molecular flexibility index (Phi) is 6.11. The molecule has 1 aromatic heterocycles. The quantitative estimate of drug-likeness (QED) is 0.429. The first kappa shape index (κ1) is 22.3. The van der Waals surface area contributed by atoms with E-state index in [0.717, 1.165) is 60.3 Å². The first-order valence-corrected chi connectivity index (χ1v) is 12.5. The summed E-state index contributed by atoms with van der Waals surface area (Å²) in [5, 5.41) is 13.7. The Morgan fingerprint density at radius 1 is 0.861 bits per heavy atom. The van der Waals surface area contributed by atoms with Crippen molar-refractivity contribution in [2.75, 3.05) is 24.8 Å². The van der Waals surface area contributed by atoms with E-state index in [1.54, 1.807) is 0 Å². The number of nitrogens with zero attached hydrogens (tertiary/aromatic N) is 3. The highest BCUT2D eigenvalue weighted by atomic mass is 16.7. The molecule has 2 aliphatic heterocycles. The molecule has 0 unspecified atom stereocenters. The lowest BCUT2D eigenvalue weighted by Gasteiger charge is -2.33. The molecule has 1 fully saturated rings. The van der Waals surface area contributed by atoms with E-state index in [0.29, 0.717) is 23.9 Å². The van der Waals surface area contributed by atoms with Crippen molar-refractivity contribution >= 4 is 22.5 Å². The monoisotopic (exact) mass is 480 g/mol. The van der Waals surface area contributed by atoms with Gasteiger partial charge in [-0.3, -0.25) is 4.79 Å². The molecule has 0 bridgehead atoms. The van der Waals surface area contributed by atoms with Crippen molar-refractivity contribution < 1.29 is 14.3 Å². The largest absolute Gasteiger partial charge is 0.454 e. The molecule has 0 radical (unpaired) electrons. The van der Waals surface area contributed by atoms with Gasteiger partial charge in [0.15, 0.2) is 23.0 Å². The number of ether oxygens (including phenoxy) is 2. The molecule has 182 valence electrons. The van der Waals surface area contributed by atoms with Gasteiger partial charge in [0.2, 0.25) is 6.79 Å². The second-order valence-electron chi connectivity index (χ2n) is 9.41. The minimum absolute atomic E-state index is 0.226. The van der Waals surface area contributed by atoms with Crippen LogP contribution in [0, 0.1) is 5.92 Å². The molecule has 4 aromatic rings. The smallest absolute Gasteiger partial charge is 0.272 e. The maximum absolute atomic E-state index is 13.1. The number of benzene rings is 3. The summed E-state index contributed by atoms with van der Waals surface area (Å²) >= 11 is 0. The van der Waals surface area contributed by atoms with Gasteiger partial charge in [-0.15, -0.1) is 10.2 Å². The Hall–Kier alpha value is -4.13. The van der Waals surface area contributed by atoms with Gasteiger partial charge in [-0.1, -0.05) is 60.7 Å². The average Bonchev–Trinajstić information content (AvgIpc) is 3.40. The maximum atomic E-state index is 13.1. The molecule has 7 nitrogen and oxygen atoms in total. The predicted molar refractivity (Wildman–Crippen MR) is 138 cm³/mol. The summed E-state index contributed by atoms with van der Waals surface area (Å²) in [5.41, 5.74) is 2.67. The third-order valence-corrected chi connectivity index (χ3v) is 7.05. The van der Waals surface area contributed by atoms with Crippen LogP contribution in [-0.4, -0.2) is 36.0 Å². The Morgan fingerprint density at radius 2 is 1.61 bits per heavy atom. The van der Waals surface area contributed by atoms with Crippen LogP contribution < -0.4 is 19.7 Å². The lowest BCUT2D eigenvalue weighted by Crippen LogP contribution is -2.35. The van der Waals surface area contributed by atoms with Crippen molar-refractivity contribution in [3.63, 3.8) is 0 Å². The third kappa shape index (κ3) is 4.56. The van der Waals surface area contributed by atoms with Gasteiger partial charge in [-0.05, 0) is 48.4 Å². The molecule has 1 amide bonds. The third-order valence-electron chi connectivity index (χ3n) is 7.05. The van der Waals surface area contributed by atoms with Crippen LogP contribution in [0.2, 0.25) is 0 Å². The van der Waals surface area contributed by atoms with Crippen LogP contribution in [0.15, 0.2) is 72.8 Å². The summed E-state index contributed by atoms with van der Waals surface area (Å²) in [6.07, 6.45) is 3.34. The first-order valence-electron chi connectivity index (χ1n) is 12.5. The van der Waals surface area contributed by atoms with Crippen LogP contribution >= 0.6 is 0 Å². The Morgan fingerprint density at radius 3 is 2.44 bits per heavy atom. The molecule has 0 saturated carbocycles. The van der Waals surface area contributed by atoms with Gasteiger partial charge >= 0.3 is 0 Å². The van der Waals surface area contributed by atoms with E-state index < -0.39 is 0 Å². The Labute approximate surface area is 210 Å². The summed E-state index contributed by atoms with van der Waals surface area (Å²) in [5.74, 6) is 2.70. The molecule has 3 heterocycles. The molecule has 0 spiro atoms. The van der Waals surface area contributed by atoms with Crippen LogP contribution in [0.1, 0.15) is 34.5 Å². The molecule has 7 heteroatoms. The zero-order valence-corrected chi connectivity index (χ0v) is 20.0. The summed E-state index contributed by atoms with van der Waals surface area (Å²) in [6, 6.07) is 24.3. The second kappa shape index (κ2) is 9.85. The van der Waals surface area contributed by atoms with Gasteiger partial charge < -0.3 is 19.7 Å². The highest BCUT2D eigenvalue weighted by molar-refractivity contribution is 6.07. The van der Waals surface area contributed by atoms with Crippen molar-refractivity contribution in [3.8, 4) is 11.5 Å². The minimum Gasteiger partial charge on any atom is -0.454 e. The average molecular weight is 481 g/mol. The lowest BCUT2D eigenvalue weighted by atomic mass is 9.90. The predicted octanol–water partition coefficient (Wildman–Crippen LogP) is 4.75. The van der Waals surface area contributed by atoms with Crippen LogP contribution in [0.3, 0.4) is 0 Å². The maximum Gasteiger partial charge on any atom is 0.272 e. The Balaban J connectivity index is 1.15. The van der Waals surface area contributed by atoms with Crippen molar-refractivity contribution in [1.29, 1.82) is 0 Å². The molecule has 1 N–H and O–H groups in total. The zero-order valence-electron chi connectivity index (χ0n) is 20.0. The van der Waals surface area contributed by atoms with E-state index in [2.05, 4.69) is 50.7 Å². The molecule has 3 aromatic carbocycles. The van der Waals surface area contributed by atoms with E-state index in [1.165, 1.54) is 5.56 Å². The van der Waals surface area contributed by atoms with Gasteiger partial charge in [0.25, 0.3) is 5.91 Å². The summed E-state index contributed by atoms with van der Waals surface area (Å²) < 4.78 is 10.8. The van der Waals surface area contributed by atoms with Gasteiger partial charge in [-0.2, -0.15) is 0 Å². The van der Waals surface area contributed by atoms with Gasteiger partial charge in [0.1, 0.15) is 0 Å². The van der Waals surface area contributed by atoms with Gasteiger partial charge in [0.05, 0.1) is 0 Å². The summed E-state index contributed by atoms with van der Waals surface area (Å²) in [7, 11) is 0. The van der Waals surface area contributed by atoms with Crippen molar-refractivity contribution in [3.05, 3.63) is 89.6 Å². The number of rotatable bonds is 6. The summed E-state index contributed by atoms with van der Waals surface area (Å²) in [4.78, 5) is 15.4. The van der Waals surface area contributed by atoms with Crippen LogP contribution in [0.4, 0.5) is 5.82 Å². The van der Waals surface area contributed by atoms with Crippen LogP contribution in [0.5, 0.6) is 11.5 Å². The van der Waals surface area contributed by atoms with E-state index >= 15 is 0 Å². The number of hydrogen-bond donors (Lipinski definition) is 1. The first-order chi connectivity index (χ1) is 17.7. The van der Waals surface area contributed by atoms with E-state index in [1.807, 2.05) is 42.5 Å². The fraction of sp³-hybridized carbons (Fsp3) is 0.276. The van der Waals surface area contributed by atoms with Crippen molar-refractivity contribution in [2.24, 2.45) is 5.92 Å². The normalized spacial score (nSPS) is 15.3. The van der Waals surface area contributed by atoms with Crippen LogP contribution in [0.25, 0.3) is 10.8 Å². The topological polar surface area (TPSA) is 76.6 Å². The molecule has 0 aliphatic carbocycles. The molecule has 2 aliphatic rings. The lowest BCUT2D eigenvalue weighted by molar-refractivity contribution is 0.0946. The molecular formula is C29H28N4O3. The van der Waals surface area contributed by atoms with Gasteiger partial charge in [0, 0.05) is 30.4 Å². The highest BCUT2D eigenvalue weighted by Crippen LogP contribution is 2.33. The molecular weight excluding hydrogens is 452 g/mol. The van der Waals surface area contributed by atoms with E-state index in [4.69, 9.17) is 9.47 Å². The number of hydrogen-bond acceptors (Lipinski definition) is 6. The summed E-state index contributed by atoms with van der Waals surface area (Å²) in [6.45, 7) is 2.46. The zero-order chi connectivity index (χ0) is 24.3. The molecule has 36 heavy (non-hydrogen) atoms. The highest BCUT2D eigenvalue weighted by Gasteiger charge is 2.24. The van der Waals surface area contributed by atoms with Crippen molar-refractivity contribution in [1.82, 2.24) is 15.5 Å². The molecule has 0 atom stereocenters. The van der Waals surface area contributed by atoms with Crippen molar-refractivity contribution in [2.45, 2.75) is 25.8 Å². The molecule has 6 rings (SSSR count). The Bertz CT molecular complexity index is 1380. The number of fused-ring (bicyclic) bond motifs is 2. The van der Waals surface area contributed by atoms with E-state index in [-0.39, 0.29) is 12.7 Å². The fourth-order valence-electron chi connectivity index (χ4n) is 5.10.